The maximum Gasteiger partial charge on any atom is 0.417 e. The van der Waals surface area contributed by atoms with Crippen molar-refractivity contribution < 1.29 is 41.4 Å². The fraction of sp³-hybridized carbons (Fsp3) is 0.341. The van der Waals surface area contributed by atoms with Crippen LogP contribution in [0.5, 0.6) is 11.8 Å². The van der Waals surface area contributed by atoms with Crippen LogP contribution in [0.2, 0.25) is 0 Å². The topological polar surface area (TPSA) is 240 Å². The van der Waals surface area contributed by atoms with E-state index in [1.165, 1.54) is 24.5 Å². The Morgan fingerprint density at radius 3 is 1.98 bits per heavy atom. The molecule has 5 aromatic rings. The highest BCUT2D eigenvalue weighted by Gasteiger charge is 2.33. The fourth-order valence-electron chi connectivity index (χ4n) is 4.86. The average Bonchev–Trinajstić information content (AvgIpc) is 3.16. The lowest BCUT2D eigenvalue weighted by Gasteiger charge is -2.28. The van der Waals surface area contributed by atoms with E-state index in [1.807, 2.05) is 0 Å². The molecule has 3 aromatic heterocycles. The minimum Gasteiger partial charge on any atom is -0.473 e. The smallest absolute Gasteiger partial charge is 0.417 e. The van der Waals surface area contributed by atoms with Crippen LogP contribution in [-0.4, -0.2) is 66.8 Å². The Hall–Kier alpha value is -6.35. The summed E-state index contributed by atoms with van der Waals surface area (Å²) in [6, 6.07) is 12.6. The van der Waals surface area contributed by atoms with Crippen LogP contribution in [0, 0.1) is 5.82 Å². The Morgan fingerprint density at radius 2 is 1.39 bits per heavy atom. The van der Waals surface area contributed by atoms with E-state index in [9.17, 15) is 27.2 Å². The van der Waals surface area contributed by atoms with Crippen molar-refractivity contribution in [2.24, 2.45) is 5.73 Å². The molecule has 62 heavy (non-hydrogen) atoms. The van der Waals surface area contributed by atoms with Gasteiger partial charge in [0.2, 0.25) is 0 Å². The average molecular weight is 931 g/mol. The first-order chi connectivity index (χ1) is 28.8. The molecule has 16 nitrogen and oxygen atoms in total. The van der Waals surface area contributed by atoms with Gasteiger partial charge in [0.15, 0.2) is 11.6 Å². The summed E-state index contributed by atoms with van der Waals surface area (Å²) < 4.78 is 70.1. The van der Waals surface area contributed by atoms with E-state index >= 15 is 0 Å². The second-order valence-corrected chi connectivity index (χ2v) is 16.8. The maximum absolute atomic E-state index is 13.3. The number of alkyl carbamates (subject to hydrolysis) is 1. The van der Waals surface area contributed by atoms with Crippen molar-refractivity contribution >= 4 is 51.1 Å². The van der Waals surface area contributed by atoms with Gasteiger partial charge in [-0.3, -0.25) is 4.79 Å². The van der Waals surface area contributed by atoms with Crippen LogP contribution < -0.4 is 42.6 Å². The summed E-state index contributed by atoms with van der Waals surface area (Å²) >= 11 is 3.19. The molecule has 0 radical (unpaired) electrons. The zero-order valence-electron chi connectivity index (χ0n) is 34.9. The van der Waals surface area contributed by atoms with E-state index in [0.717, 1.165) is 17.7 Å². The summed E-state index contributed by atoms with van der Waals surface area (Å²) in [7, 11) is 0. The van der Waals surface area contributed by atoms with Gasteiger partial charge in [-0.15, -0.1) is 0 Å². The molecule has 2 amide bonds. The Bertz CT molecular complexity index is 2320. The molecule has 0 spiro atoms. The number of alkyl halides is 3. The van der Waals surface area contributed by atoms with Crippen molar-refractivity contribution in [1.82, 2.24) is 30.2 Å². The van der Waals surface area contributed by atoms with Gasteiger partial charge >= 0.3 is 12.3 Å². The van der Waals surface area contributed by atoms with Gasteiger partial charge in [0, 0.05) is 29.5 Å². The summed E-state index contributed by atoms with van der Waals surface area (Å²) in [4.78, 5) is 45.0. The number of carbonyl (C=O) groups is 2. The van der Waals surface area contributed by atoms with Crippen molar-refractivity contribution in [1.29, 1.82) is 0 Å². The number of hydrogen-bond donors (Lipinski definition) is 6. The molecule has 0 aliphatic heterocycles. The molecule has 9 N–H and O–H groups in total. The molecule has 21 heteroatoms. The molecule has 0 aliphatic rings. The molecule has 0 saturated carbocycles. The van der Waals surface area contributed by atoms with Gasteiger partial charge in [0.05, 0.1) is 34.8 Å². The van der Waals surface area contributed by atoms with E-state index in [2.05, 4.69) is 56.8 Å². The summed E-state index contributed by atoms with van der Waals surface area (Å²) in [5.41, 5.74) is 16.5. The maximum atomic E-state index is 13.3. The molecular formula is C41H48BrF4N11O5. The Kier molecular flexibility index (Phi) is 15.6. The van der Waals surface area contributed by atoms with Crippen molar-refractivity contribution in [2.75, 3.05) is 35.3 Å². The first-order valence-corrected chi connectivity index (χ1v) is 19.5. The number of nitrogen functional groups attached to an aromatic ring is 2. The number of pyridine rings is 1. The lowest BCUT2D eigenvalue weighted by Crippen LogP contribution is -2.49. The van der Waals surface area contributed by atoms with Gasteiger partial charge < -0.3 is 47.4 Å². The number of aromatic nitrogens is 5. The third-order valence-electron chi connectivity index (χ3n) is 7.77. The number of carbonyl (C=O) groups excluding carboxylic acids is 2. The Balaban J connectivity index is 0.000000339. The summed E-state index contributed by atoms with van der Waals surface area (Å²) in [6.45, 7) is 13.1. The van der Waals surface area contributed by atoms with Crippen LogP contribution in [0.1, 0.15) is 70.0 Å². The predicted molar refractivity (Wildman–Crippen MR) is 230 cm³/mol. The van der Waals surface area contributed by atoms with Crippen molar-refractivity contribution in [3.8, 4) is 23.0 Å². The van der Waals surface area contributed by atoms with Crippen molar-refractivity contribution in [2.45, 2.75) is 77.9 Å². The first kappa shape index (κ1) is 48.3. The number of ether oxygens (including phenoxy) is 3. The molecule has 3 heterocycles. The van der Waals surface area contributed by atoms with Gasteiger partial charge in [0.25, 0.3) is 17.7 Å². The summed E-state index contributed by atoms with van der Waals surface area (Å²) in [6.07, 6.45) is -1.59. The lowest BCUT2D eigenvalue weighted by atomic mass is 10.1. The normalized spacial score (nSPS) is 11.8. The van der Waals surface area contributed by atoms with Gasteiger partial charge in [0.1, 0.15) is 35.1 Å². The Morgan fingerprint density at radius 1 is 0.790 bits per heavy atom. The van der Waals surface area contributed by atoms with Crippen LogP contribution >= 0.6 is 15.9 Å². The lowest BCUT2D eigenvalue weighted by molar-refractivity contribution is -0.137. The third kappa shape index (κ3) is 15.6. The molecular weight excluding hydrogens is 882 g/mol. The Labute approximate surface area is 363 Å². The quantitative estimate of drug-likeness (QED) is 0.0619. The predicted octanol–water partition coefficient (Wildman–Crippen LogP) is 7.76. The van der Waals surface area contributed by atoms with Crippen LogP contribution in [0.25, 0.3) is 11.3 Å². The van der Waals surface area contributed by atoms with E-state index in [4.69, 9.17) is 31.4 Å². The van der Waals surface area contributed by atoms with Gasteiger partial charge in [-0.25, -0.2) is 34.1 Å². The number of anilines is 4. The zero-order valence-corrected chi connectivity index (χ0v) is 36.5. The molecule has 0 atom stereocenters. The highest BCUT2D eigenvalue weighted by atomic mass is 79.9. The van der Waals surface area contributed by atoms with Crippen LogP contribution in [-0.2, 0) is 17.5 Å². The molecule has 0 bridgehead atoms. The van der Waals surface area contributed by atoms with Gasteiger partial charge in [-0.2, -0.15) is 13.2 Å². The number of nitrogens with two attached hydrogens (primary N) is 3. The van der Waals surface area contributed by atoms with Crippen molar-refractivity contribution in [3.05, 3.63) is 100 Å². The highest BCUT2D eigenvalue weighted by Crippen LogP contribution is 2.31. The van der Waals surface area contributed by atoms with E-state index in [0.29, 0.717) is 28.1 Å². The van der Waals surface area contributed by atoms with E-state index in [-0.39, 0.29) is 60.2 Å². The van der Waals surface area contributed by atoms with Crippen LogP contribution in [0.3, 0.4) is 0 Å². The largest absolute Gasteiger partial charge is 0.473 e. The summed E-state index contributed by atoms with van der Waals surface area (Å²) in [5, 5.41) is 8.11. The number of nitrogens with one attached hydrogen (secondary N) is 3. The minimum atomic E-state index is -4.71. The second-order valence-electron chi connectivity index (χ2n) is 16.0. The van der Waals surface area contributed by atoms with Crippen LogP contribution in [0.15, 0.2) is 77.8 Å². The molecule has 0 fully saturated rings. The SMILES string of the molecule is CC(C)(COc1nc(Br)cnc1N)NC(=O)OC(C)(C)C.CC(C)(N)COc1nc(-c2ccc(CNc3ncc(C(F)(F)F)cc3C(=O)Nc3ccc(F)cc3)cc2)cnc1N. The molecule has 0 aliphatic carbocycles. The number of halogens is 5. The minimum absolute atomic E-state index is 0.0595. The highest BCUT2D eigenvalue weighted by molar-refractivity contribution is 9.10. The number of hydrogen-bond acceptors (Lipinski definition) is 14. The van der Waals surface area contributed by atoms with Crippen molar-refractivity contribution in [3.63, 3.8) is 0 Å². The summed E-state index contributed by atoms with van der Waals surface area (Å²) in [5.74, 6) is -0.741. The second kappa shape index (κ2) is 20.0. The third-order valence-corrected chi connectivity index (χ3v) is 8.15. The molecule has 2 aromatic carbocycles. The number of amides is 2. The first-order valence-electron chi connectivity index (χ1n) is 18.7. The fourth-order valence-corrected chi connectivity index (χ4v) is 5.12. The molecule has 0 saturated heterocycles. The number of nitrogens with zero attached hydrogens (tertiary/aromatic N) is 5. The number of rotatable bonds is 13. The monoisotopic (exact) mass is 929 g/mol. The number of benzene rings is 2. The molecule has 332 valence electrons. The molecule has 5 rings (SSSR count). The zero-order chi connectivity index (χ0) is 46.0. The standard InChI is InChI=1S/C28H27F4N7O2.C13H21BrN4O3/c1-27(2,34)15-41-26-23(33)35-14-22(39-26)17-5-3-16(4-6-17)12-36-24-21(11-18(13-37-24)28(30,31)32)25(40)38-20-9-7-19(29)8-10-20;1-12(2,3)21-11(19)18-13(4,5)7-20-10-9(15)16-6-8(14)17-10/h3-11,13-14H,12,15,34H2,1-2H3,(H2,33,35)(H,36,37)(H,38,40);6H,7H2,1-5H3,(H2,15,16)(H,18,19). The molecule has 0 unspecified atom stereocenters. The van der Waals surface area contributed by atoms with E-state index in [1.54, 1.807) is 72.7 Å². The van der Waals surface area contributed by atoms with E-state index < -0.39 is 46.2 Å². The van der Waals surface area contributed by atoms with Gasteiger partial charge in [-0.05, 0) is 100 Å². The van der Waals surface area contributed by atoms with Gasteiger partial charge in [-0.1, -0.05) is 24.3 Å². The van der Waals surface area contributed by atoms with Crippen LogP contribution in [0.4, 0.5) is 45.5 Å².